The molecule has 0 amide bonds. The summed E-state index contributed by atoms with van der Waals surface area (Å²) >= 11 is 0. The Morgan fingerprint density at radius 1 is 1.13 bits per heavy atom. The number of nitrogens with zero attached hydrogens (tertiary/aromatic N) is 5. The normalized spacial score (nSPS) is 16.0. The molecule has 0 saturated heterocycles. The minimum absolute atomic E-state index is 0.186. The topological polar surface area (TPSA) is 90.1 Å². The summed E-state index contributed by atoms with van der Waals surface area (Å²) in [4.78, 5) is 29.1. The first-order valence-electron chi connectivity index (χ1n) is 9.51. The fraction of sp³-hybridized carbons (Fsp3) is 0.143. The summed E-state index contributed by atoms with van der Waals surface area (Å²) in [5.74, 6) is 0.192. The Hall–Kier alpha value is -4.01. The highest BCUT2D eigenvalue weighted by Gasteiger charge is 2.28. The lowest BCUT2D eigenvalue weighted by atomic mass is 10.00. The first-order valence-corrected chi connectivity index (χ1v) is 9.51. The summed E-state index contributed by atoms with van der Waals surface area (Å²) < 4.78 is 23.2. The van der Waals surface area contributed by atoms with Crippen molar-refractivity contribution >= 4 is 16.8 Å². The molecule has 1 aliphatic heterocycles. The molecule has 6 rings (SSSR count). The lowest BCUT2D eigenvalue weighted by molar-refractivity contribution is 0.244. The number of fused-ring (bicyclic) bond motifs is 3. The van der Waals surface area contributed by atoms with Crippen molar-refractivity contribution < 1.29 is 9.13 Å². The molecule has 5 heterocycles. The molecular weight excluding hydrogens is 387 g/mol. The van der Waals surface area contributed by atoms with Gasteiger partial charge in [0, 0.05) is 18.2 Å². The van der Waals surface area contributed by atoms with Gasteiger partial charge in [-0.05, 0) is 18.2 Å². The number of para-hydroxylation sites is 1. The maximum Gasteiger partial charge on any atom is 0.328 e. The summed E-state index contributed by atoms with van der Waals surface area (Å²) in [6, 6.07) is 10.1. The van der Waals surface area contributed by atoms with Crippen LogP contribution in [0.1, 0.15) is 18.0 Å². The van der Waals surface area contributed by atoms with Gasteiger partial charge in [-0.25, -0.2) is 24.1 Å². The highest BCUT2D eigenvalue weighted by atomic mass is 19.1. The minimum atomic E-state index is -0.439. The molecule has 9 heteroatoms. The van der Waals surface area contributed by atoms with Crippen LogP contribution in [0.2, 0.25) is 0 Å². The van der Waals surface area contributed by atoms with Gasteiger partial charge in [0.15, 0.2) is 23.0 Å². The number of hydrogen-bond acceptors (Lipinski definition) is 5. The fourth-order valence-corrected chi connectivity index (χ4v) is 4.06. The fourth-order valence-electron chi connectivity index (χ4n) is 4.06. The third-order valence-electron chi connectivity index (χ3n) is 5.41. The van der Waals surface area contributed by atoms with Crippen LogP contribution in [0.15, 0.2) is 59.8 Å². The number of halogens is 1. The van der Waals surface area contributed by atoms with Crippen LogP contribution in [0.5, 0.6) is 5.75 Å². The van der Waals surface area contributed by atoms with Gasteiger partial charge in [0.2, 0.25) is 0 Å². The standard InChI is InChI=1S/C21H15FN6O2/c22-13-5-3-4-12-15(7-9-30-18(12)13)28-20-14(25-21(28)29)10-24-19(26-20)16-11-23-17-6-1-2-8-27(16)17/h1-6,8,10-11,15H,7,9H2,(H,25,29)/t15-/m0/s1. The van der Waals surface area contributed by atoms with Crippen LogP contribution in [-0.4, -0.2) is 35.5 Å². The molecule has 0 aliphatic carbocycles. The number of pyridine rings is 1. The van der Waals surface area contributed by atoms with Gasteiger partial charge < -0.3 is 9.72 Å². The van der Waals surface area contributed by atoms with E-state index in [1.807, 2.05) is 28.8 Å². The van der Waals surface area contributed by atoms with Crippen molar-refractivity contribution in [3.63, 3.8) is 0 Å². The lowest BCUT2D eigenvalue weighted by Crippen LogP contribution is -2.28. The van der Waals surface area contributed by atoms with E-state index in [1.54, 1.807) is 29.1 Å². The molecule has 0 bridgehead atoms. The first kappa shape index (κ1) is 16.9. The lowest BCUT2D eigenvalue weighted by Gasteiger charge is -2.26. The van der Waals surface area contributed by atoms with Gasteiger partial charge >= 0.3 is 5.69 Å². The summed E-state index contributed by atoms with van der Waals surface area (Å²) in [6.45, 7) is 0.308. The van der Waals surface area contributed by atoms with E-state index in [0.29, 0.717) is 41.3 Å². The number of H-pyrrole nitrogens is 1. The molecule has 4 aromatic heterocycles. The first-order chi connectivity index (χ1) is 14.7. The zero-order valence-corrected chi connectivity index (χ0v) is 15.6. The third kappa shape index (κ3) is 2.38. The highest BCUT2D eigenvalue weighted by molar-refractivity contribution is 5.73. The molecule has 0 saturated carbocycles. The third-order valence-corrected chi connectivity index (χ3v) is 5.41. The average Bonchev–Trinajstić information content (AvgIpc) is 3.33. The van der Waals surface area contributed by atoms with Gasteiger partial charge in [-0.3, -0.25) is 8.97 Å². The number of imidazole rings is 2. The number of aromatic nitrogens is 6. The summed E-state index contributed by atoms with van der Waals surface area (Å²) in [7, 11) is 0. The smallest absolute Gasteiger partial charge is 0.328 e. The largest absolute Gasteiger partial charge is 0.490 e. The minimum Gasteiger partial charge on any atom is -0.490 e. The Morgan fingerprint density at radius 2 is 2.07 bits per heavy atom. The van der Waals surface area contributed by atoms with Crippen molar-refractivity contribution in [2.24, 2.45) is 0 Å². The van der Waals surface area contributed by atoms with Crippen LogP contribution < -0.4 is 10.4 Å². The Balaban J connectivity index is 1.57. The van der Waals surface area contributed by atoms with E-state index in [4.69, 9.17) is 4.74 Å². The van der Waals surface area contributed by atoms with Crippen molar-refractivity contribution in [3.8, 4) is 17.3 Å². The van der Waals surface area contributed by atoms with Gasteiger partial charge in [0.05, 0.1) is 25.0 Å². The Kier molecular flexibility index (Phi) is 3.52. The molecule has 0 unspecified atom stereocenters. The van der Waals surface area contributed by atoms with E-state index >= 15 is 0 Å². The Morgan fingerprint density at radius 3 is 3.00 bits per heavy atom. The van der Waals surface area contributed by atoms with Crippen LogP contribution in [0, 0.1) is 5.82 Å². The maximum atomic E-state index is 14.2. The number of ether oxygens (including phenoxy) is 1. The molecule has 5 aromatic rings. The molecular formula is C21H15FN6O2. The van der Waals surface area contributed by atoms with Gasteiger partial charge in [-0.2, -0.15) is 0 Å². The van der Waals surface area contributed by atoms with E-state index in [9.17, 15) is 9.18 Å². The van der Waals surface area contributed by atoms with E-state index < -0.39 is 11.9 Å². The zero-order chi connectivity index (χ0) is 20.2. The van der Waals surface area contributed by atoms with Crippen LogP contribution in [0.4, 0.5) is 4.39 Å². The van der Waals surface area contributed by atoms with Crippen LogP contribution in [0.25, 0.3) is 28.3 Å². The molecule has 0 spiro atoms. The van der Waals surface area contributed by atoms with E-state index in [-0.39, 0.29) is 11.4 Å². The second-order valence-electron chi connectivity index (χ2n) is 7.11. The number of nitrogens with one attached hydrogen (secondary N) is 1. The van der Waals surface area contributed by atoms with Crippen molar-refractivity contribution in [1.29, 1.82) is 0 Å². The quantitative estimate of drug-likeness (QED) is 0.490. The number of rotatable bonds is 2. The Labute approximate surface area is 168 Å². The van der Waals surface area contributed by atoms with Crippen LogP contribution in [0.3, 0.4) is 0 Å². The second-order valence-corrected chi connectivity index (χ2v) is 7.11. The van der Waals surface area contributed by atoms with Crippen LogP contribution in [-0.2, 0) is 0 Å². The molecule has 8 nitrogen and oxygen atoms in total. The van der Waals surface area contributed by atoms with Gasteiger partial charge in [-0.15, -0.1) is 0 Å². The Bertz CT molecular complexity index is 1480. The average molecular weight is 402 g/mol. The van der Waals surface area contributed by atoms with Gasteiger partial charge in [-0.1, -0.05) is 18.2 Å². The molecule has 30 heavy (non-hydrogen) atoms. The molecule has 1 atom stereocenters. The molecule has 1 aromatic carbocycles. The molecule has 0 radical (unpaired) electrons. The van der Waals surface area contributed by atoms with Gasteiger partial charge in [0.25, 0.3) is 0 Å². The maximum absolute atomic E-state index is 14.2. The summed E-state index contributed by atoms with van der Waals surface area (Å²) in [6.07, 6.45) is 5.69. The van der Waals surface area contributed by atoms with E-state index in [2.05, 4.69) is 19.9 Å². The number of benzene rings is 1. The molecule has 148 valence electrons. The number of aromatic amines is 1. The number of hydrogen-bond donors (Lipinski definition) is 1. The van der Waals surface area contributed by atoms with Crippen molar-refractivity contribution in [1.82, 2.24) is 28.9 Å². The predicted molar refractivity (Wildman–Crippen MR) is 107 cm³/mol. The summed E-state index contributed by atoms with van der Waals surface area (Å²) in [5.41, 5.74) is 2.76. The SMILES string of the molecule is O=c1[nH]c2cnc(-c3cnc4ccccn34)nc2n1[C@H]1CCOc2c(F)cccc21. The van der Waals surface area contributed by atoms with Crippen molar-refractivity contribution in [3.05, 3.63) is 76.9 Å². The molecule has 1 N–H and O–H groups in total. The van der Waals surface area contributed by atoms with Crippen molar-refractivity contribution in [2.75, 3.05) is 6.61 Å². The molecule has 1 aliphatic rings. The van der Waals surface area contributed by atoms with Crippen molar-refractivity contribution in [2.45, 2.75) is 12.5 Å². The monoisotopic (exact) mass is 402 g/mol. The zero-order valence-electron chi connectivity index (χ0n) is 15.6. The van der Waals surface area contributed by atoms with E-state index in [1.165, 1.54) is 6.07 Å². The molecule has 0 fully saturated rings. The summed E-state index contributed by atoms with van der Waals surface area (Å²) in [5, 5.41) is 0. The second kappa shape index (κ2) is 6.24. The highest BCUT2D eigenvalue weighted by Crippen LogP contribution is 2.37. The van der Waals surface area contributed by atoms with Crippen LogP contribution >= 0.6 is 0 Å². The van der Waals surface area contributed by atoms with E-state index in [0.717, 1.165) is 5.65 Å². The predicted octanol–water partition coefficient (Wildman–Crippen LogP) is 2.95. The van der Waals surface area contributed by atoms with Gasteiger partial charge in [0.1, 0.15) is 16.9 Å².